The van der Waals surface area contributed by atoms with Gasteiger partial charge >= 0.3 is 6.03 Å². The number of carbonyl (C=O) groups excluding carboxylic acids is 2. The van der Waals surface area contributed by atoms with Gasteiger partial charge in [-0.3, -0.25) is 9.69 Å². The lowest BCUT2D eigenvalue weighted by Crippen LogP contribution is -2.63. The van der Waals surface area contributed by atoms with E-state index >= 15 is 0 Å². The number of anilines is 1. The number of carbonyl (C=O) groups is 2. The van der Waals surface area contributed by atoms with Gasteiger partial charge in [0.2, 0.25) is 11.9 Å². The number of likely N-dealkylation sites (tertiary alicyclic amines) is 1. The maximum atomic E-state index is 12.8. The van der Waals surface area contributed by atoms with Gasteiger partial charge in [-0.2, -0.15) is 4.68 Å². The first-order valence-electron chi connectivity index (χ1n) is 12.1. The van der Waals surface area contributed by atoms with Crippen molar-refractivity contribution < 1.29 is 9.59 Å². The van der Waals surface area contributed by atoms with Crippen LogP contribution in [0.5, 0.6) is 0 Å². The zero-order valence-electron chi connectivity index (χ0n) is 20.5. The molecule has 0 bridgehead atoms. The second-order valence-electron chi connectivity index (χ2n) is 10.6. The Labute approximate surface area is 201 Å². The minimum atomic E-state index is -0.388. The standard InChI is InChI=1S/C25H35N7O2/c1-16-6-11-21-20(12-16)23(30-32(21)24(34)29-25(2,3)4)27-13-22(33)28-18-14-31(15-18)19-9-7-17(26-5)8-10-19/h6,11-12,17-19H,7-10,13-15H2,1-4H3,(H,27,30)(H,28,33)(H,29,34). The van der Waals surface area contributed by atoms with E-state index in [9.17, 15) is 9.59 Å². The fourth-order valence-electron chi connectivity index (χ4n) is 4.79. The molecule has 2 fully saturated rings. The molecule has 182 valence electrons. The van der Waals surface area contributed by atoms with Gasteiger partial charge in [0.15, 0.2) is 5.82 Å². The highest BCUT2D eigenvalue weighted by Gasteiger charge is 2.36. The molecule has 0 spiro atoms. The van der Waals surface area contributed by atoms with Crippen molar-refractivity contribution in [2.24, 2.45) is 0 Å². The third kappa shape index (κ3) is 5.50. The summed E-state index contributed by atoms with van der Waals surface area (Å²) < 4.78 is 1.35. The van der Waals surface area contributed by atoms with E-state index in [0.29, 0.717) is 17.4 Å². The largest absolute Gasteiger partial charge is 0.359 e. The van der Waals surface area contributed by atoms with Crippen molar-refractivity contribution in [2.45, 2.75) is 77.0 Å². The van der Waals surface area contributed by atoms with Crippen LogP contribution in [0.15, 0.2) is 18.2 Å². The van der Waals surface area contributed by atoms with E-state index in [1.54, 1.807) is 0 Å². The van der Waals surface area contributed by atoms with E-state index in [1.165, 1.54) is 4.68 Å². The third-order valence-corrected chi connectivity index (χ3v) is 6.57. The molecule has 3 N–H and O–H groups in total. The van der Waals surface area contributed by atoms with Crippen LogP contribution in [0, 0.1) is 13.5 Å². The average Bonchev–Trinajstić information content (AvgIpc) is 3.11. The molecule has 34 heavy (non-hydrogen) atoms. The maximum absolute atomic E-state index is 12.8. The first kappa shape index (κ1) is 24.0. The molecular formula is C25H35N7O2. The van der Waals surface area contributed by atoms with Gasteiger partial charge in [0.25, 0.3) is 0 Å². The molecule has 1 aromatic carbocycles. The van der Waals surface area contributed by atoms with E-state index in [1.807, 2.05) is 45.9 Å². The van der Waals surface area contributed by atoms with Crippen LogP contribution in [0.3, 0.4) is 0 Å². The van der Waals surface area contributed by atoms with Crippen molar-refractivity contribution in [2.75, 3.05) is 25.0 Å². The minimum absolute atomic E-state index is 0.0872. The highest BCUT2D eigenvalue weighted by Crippen LogP contribution is 2.28. The van der Waals surface area contributed by atoms with Crippen LogP contribution in [0.25, 0.3) is 15.7 Å². The Hall–Kier alpha value is -3.12. The normalized spacial score (nSPS) is 21.5. The van der Waals surface area contributed by atoms with Crippen LogP contribution >= 0.6 is 0 Å². The number of fused-ring (bicyclic) bond motifs is 1. The van der Waals surface area contributed by atoms with Gasteiger partial charge in [0.05, 0.1) is 18.1 Å². The molecule has 9 nitrogen and oxygen atoms in total. The van der Waals surface area contributed by atoms with Gasteiger partial charge < -0.3 is 20.8 Å². The molecule has 1 aliphatic carbocycles. The summed E-state index contributed by atoms with van der Waals surface area (Å²) in [6.45, 7) is 16.8. The van der Waals surface area contributed by atoms with E-state index in [0.717, 1.165) is 49.7 Å². The molecule has 1 aromatic heterocycles. The molecule has 2 amide bonds. The molecule has 2 aliphatic rings. The summed E-state index contributed by atoms with van der Waals surface area (Å²) in [5.41, 5.74) is 1.36. The maximum Gasteiger partial charge on any atom is 0.343 e. The highest BCUT2D eigenvalue weighted by atomic mass is 16.2. The first-order chi connectivity index (χ1) is 16.1. The summed E-state index contributed by atoms with van der Waals surface area (Å²) in [7, 11) is 0. The number of nitrogens with one attached hydrogen (secondary N) is 3. The number of hydrogen-bond acceptors (Lipinski definition) is 5. The molecule has 0 unspecified atom stereocenters. The predicted molar refractivity (Wildman–Crippen MR) is 133 cm³/mol. The van der Waals surface area contributed by atoms with Crippen LogP contribution in [-0.4, -0.2) is 69.9 Å². The fourth-order valence-corrected chi connectivity index (χ4v) is 4.79. The van der Waals surface area contributed by atoms with Crippen LogP contribution in [0.4, 0.5) is 10.6 Å². The number of hydrogen-bond donors (Lipinski definition) is 3. The number of aryl methyl sites for hydroxylation is 1. The molecule has 9 heteroatoms. The van der Waals surface area contributed by atoms with Gasteiger partial charge in [-0.15, -0.1) is 5.10 Å². The van der Waals surface area contributed by atoms with E-state index in [-0.39, 0.29) is 36.1 Å². The Morgan fingerprint density at radius 1 is 1.18 bits per heavy atom. The zero-order chi connectivity index (χ0) is 24.5. The summed E-state index contributed by atoms with van der Waals surface area (Å²) in [4.78, 5) is 31.4. The van der Waals surface area contributed by atoms with Crippen LogP contribution < -0.4 is 16.0 Å². The lowest BCUT2D eigenvalue weighted by atomic mass is 9.88. The fraction of sp³-hybridized carbons (Fsp3) is 0.600. The Morgan fingerprint density at radius 3 is 2.53 bits per heavy atom. The van der Waals surface area contributed by atoms with Crippen LogP contribution in [-0.2, 0) is 4.79 Å². The smallest absolute Gasteiger partial charge is 0.343 e. The van der Waals surface area contributed by atoms with Crippen molar-refractivity contribution in [3.05, 3.63) is 35.2 Å². The van der Waals surface area contributed by atoms with Crippen molar-refractivity contribution in [1.82, 2.24) is 25.3 Å². The SMILES string of the molecule is [C-]#[N+]C1CCC(N2CC(NC(=O)CNc3nn(C(=O)NC(C)(C)C)c4ccc(C)cc34)C2)CC1. The molecule has 1 saturated carbocycles. The van der Waals surface area contributed by atoms with E-state index < -0.39 is 0 Å². The van der Waals surface area contributed by atoms with Crippen molar-refractivity contribution in [1.29, 1.82) is 0 Å². The zero-order valence-corrected chi connectivity index (χ0v) is 20.5. The molecule has 1 aliphatic heterocycles. The van der Waals surface area contributed by atoms with Gasteiger partial charge in [0, 0.05) is 42.9 Å². The Bertz CT molecular complexity index is 1100. The summed E-state index contributed by atoms with van der Waals surface area (Å²) in [6.07, 6.45) is 4.12. The number of nitrogens with zero attached hydrogens (tertiary/aromatic N) is 4. The lowest BCUT2D eigenvalue weighted by Gasteiger charge is -2.45. The van der Waals surface area contributed by atoms with Gasteiger partial charge in [-0.05, 0) is 52.7 Å². The molecule has 2 heterocycles. The lowest BCUT2D eigenvalue weighted by molar-refractivity contribution is -0.121. The number of rotatable bonds is 5. The molecule has 2 aromatic rings. The Morgan fingerprint density at radius 2 is 1.88 bits per heavy atom. The summed E-state index contributed by atoms with van der Waals surface area (Å²) in [5, 5.41) is 14.4. The van der Waals surface area contributed by atoms with Crippen LogP contribution in [0.1, 0.15) is 52.0 Å². The second kappa shape index (κ2) is 9.63. The second-order valence-corrected chi connectivity index (χ2v) is 10.6. The van der Waals surface area contributed by atoms with E-state index in [4.69, 9.17) is 6.57 Å². The van der Waals surface area contributed by atoms with Crippen LogP contribution in [0.2, 0.25) is 0 Å². The van der Waals surface area contributed by atoms with Gasteiger partial charge in [-0.1, -0.05) is 11.6 Å². The topological polar surface area (TPSA) is 95.7 Å². The summed E-state index contributed by atoms with van der Waals surface area (Å²) in [5.74, 6) is 0.431. The third-order valence-electron chi connectivity index (χ3n) is 6.57. The van der Waals surface area contributed by atoms with Gasteiger partial charge in [0.1, 0.15) is 0 Å². The number of aromatic nitrogens is 2. The molecule has 4 rings (SSSR count). The monoisotopic (exact) mass is 465 g/mol. The molecular weight excluding hydrogens is 430 g/mol. The predicted octanol–water partition coefficient (Wildman–Crippen LogP) is 3.14. The molecule has 0 atom stereocenters. The van der Waals surface area contributed by atoms with Crippen molar-refractivity contribution >= 4 is 28.7 Å². The Balaban J connectivity index is 1.32. The van der Waals surface area contributed by atoms with Gasteiger partial charge in [-0.25, -0.2) is 11.4 Å². The van der Waals surface area contributed by atoms with Crippen molar-refractivity contribution in [3.63, 3.8) is 0 Å². The molecule has 0 radical (unpaired) electrons. The average molecular weight is 466 g/mol. The Kier molecular flexibility index (Phi) is 6.80. The number of amides is 2. The molecule has 1 saturated heterocycles. The summed E-state index contributed by atoms with van der Waals surface area (Å²) in [6, 6.07) is 6.37. The number of benzene rings is 1. The van der Waals surface area contributed by atoms with E-state index in [2.05, 4.69) is 30.8 Å². The first-order valence-corrected chi connectivity index (χ1v) is 12.1. The quantitative estimate of drug-likeness (QED) is 0.590. The van der Waals surface area contributed by atoms with Crippen molar-refractivity contribution in [3.8, 4) is 0 Å². The minimum Gasteiger partial charge on any atom is -0.359 e. The summed E-state index contributed by atoms with van der Waals surface area (Å²) >= 11 is 0. The highest BCUT2D eigenvalue weighted by molar-refractivity contribution is 5.98.